The first-order chi connectivity index (χ1) is 13.6. The Morgan fingerprint density at radius 1 is 1.32 bits per heavy atom. The molecule has 1 aromatic carbocycles. The van der Waals surface area contributed by atoms with Crippen LogP contribution in [0.4, 0.5) is 0 Å². The standard InChI is InChI=1S/C19H17Cl2N5O2/c20-15-5-4-13(11-16(15)21)10-14-2-1-3-18(28-14)26-25-9-8-24-19(27)17-12-22-6-7-23-17/h1-2,4-7,9,11-12,14H,3,8,10H2,(H,24,27). The van der Waals surface area contributed by atoms with Gasteiger partial charge in [-0.05, 0) is 23.8 Å². The fourth-order valence-electron chi connectivity index (χ4n) is 2.45. The van der Waals surface area contributed by atoms with E-state index in [2.05, 4.69) is 25.5 Å². The van der Waals surface area contributed by atoms with Gasteiger partial charge in [-0.15, -0.1) is 5.10 Å². The van der Waals surface area contributed by atoms with Crippen molar-refractivity contribution in [2.45, 2.75) is 18.9 Å². The van der Waals surface area contributed by atoms with Crippen molar-refractivity contribution in [3.05, 3.63) is 70.2 Å². The van der Waals surface area contributed by atoms with Gasteiger partial charge in [0.25, 0.3) is 5.91 Å². The van der Waals surface area contributed by atoms with E-state index in [-0.39, 0.29) is 24.2 Å². The van der Waals surface area contributed by atoms with Gasteiger partial charge >= 0.3 is 0 Å². The summed E-state index contributed by atoms with van der Waals surface area (Å²) in [6.45, 7) is 0.217. The van der Waals surface area contributed by atoms with Crippen LogP contribution in [0.3, 0.4) is 0 Å². The summed E-state index contributed by atoms with van der Waals surface area (Å²) in [6.07, 6.45) is 10.8. The molecule has 1 aliphatic rings. The van der Waals surface area contributed by atoms with Crippen LogP contribution in [0, 0.1) is 0 Å². The number of hydrogen-bond donors (Lipinski definition) is 1. The van der Waals surface area contributed by atoms with Crippen molar-refractivity contribution in [3.63, 3.8) is 0 Å². The monoisotopic (exact) mass is 417 g/mol. The van der Waals surface area contributed by atoms with E-state index in [0.717, 1.165) is 5.56 Å². The van der Waals surface area contributed by atoms with Crippen molar-refractivity contribution in [3.8, 4) is 0 Å². The number of carbonyl (C=O) groups excluding carboxylic acids is 1. The lowest BCUT2D eigenvalue weighted by Crippen LogP contribution is -2.26. The third-order valence-electron chi connectivity index (χ3n) is 3.75. The lowest BCUT2D eigenvalue weighted by atomic mass is 10.1. The quantitative estimate of drug-likeness (QED) is 0.442. The molecule has 2 heterocycles. The summed E-state index contributed by atoms with van der Waals surface area (Å²) in [4.78, 5) is 19.6. The Morgan fingerprint density at radius 3 is 3.00 bits per heavy atom. The second-order valence-electron chi connectivity index (χ2n) is 5.83. The minimum Gasteiger partial charge on any atom is -0.472 e. The number of ether oxygens (including phenoxy) is 1. The summed E-state index contributed by atoms with van der Waals surface area (Å²) in [5.74, 6) is 0.176. The van der Waals surface area contributed by atoms with E-state index in [4.69, 9.17) is 27.9 Å². The second-order valence-corrected chi connectivity index (χ2v) is 6.65. The predicted octanol–water partition coefficient (Wildman–Crippen LogP) is 3.49. The van der Waals surface area contributed by atoms with Gasteiger partial charge in [0.2, 0.25) is 5.90 Å². The number of rotatable bonds is 6. The first-order valence-corrected chi connectivity index (χ1v) is 9.27. The first kappa shape index (κ1) is 20.0. The fraction of sp³-hybridized carbons (Fsp3) is 0.211. The molecular formula is C19H17Cl2N5O2. The van der Waals surface area contributed by atoms with E-state index in [9.17, 15) is 4.79 Å². The molecule has 1 aromatic heterocycles. The van der Waals surface area contributed by atoms with E-state index < -0.39 is 0 Å². The van der Waals surface area contributed by atoms with Crippen LogP contribution in [-0.4, -0.2) is 40.6 Å². The minimum absolute atomic E-state index is 0.156. The number of benzene rings is 1. The Kier molecular flexibility index (Phi) is 7.11. The number of amides is 1. The third-order valence-corrected chi connectivity index (χ3v) is 4.49. The van der Waals surface area contributed by atoms with Crippen LogP contribution in [0.15, 0.2) is 59.1 Å². The molecule has 0 bridgehead atoms. The number of hydrogen-bond acceptors (Lipinski definition) is 6. The smallest absolute Gasteiger partial charge is 0.271 e. The average molecular weight is 418 g/mol. The molecule has 0 fully saturated rings. The number of carbonyl (C=O) groups is 1. The van der Waals surface area contributed by atoms with Crippen LogP contribution < -0.4 is 5.32 Å². The molecule has 1 N–H and O–H groups in total. The molecule has 3 rings (SSSR count). The molecule has 0 spiro atoms. The zero-order valence-corrected chi connectivity index (χ0v) is 16.3. The maximum atomic E-state index is 11.8. The van der Waals surface area contributed by atoms with E-state index in [1.165, 1.54) is 24.8 Å². The lowest BCUT2D eigenvalue weighted by molar-refractivity contribution is 0.0954. The van der Waals surface area contributed by atoms with Gasteiger partial charge in [0.15, 0.2) is 0 Å². The van der Waals surface area contributed by atoms with Crippen LogP contribution in [0.1, 0.15) is 22.5 Å². The van der Waals surface area contributed by atoms with Gasteiger partial charge < -0.3 is 10.1 Å². The van der Waals surface area contributed by atoms with Crippen LogP contribution in [0.25, 0.3) is 0 Å². The SMILES string of the molecule is O=C(NCC=NN=C1CC=CC(Cc2ccc(Cl)c(Cl)c2)O1)c1cnccn1. The van der Waals surface area contributed by atoms with Gasteiger partial charge in [0.1, 0.15) is 11.8 Å². The Balaban J connectivity index is 1.48. The fourth-order valence-corrected chi connectivity index (χ4v) is 2.77. The lowest BCUT2D eigenvalue weighted by Gasteiger charge is -2.20. The van der Waals surface area contributed by atoms with Gasteiger partial charge in [0, 0.05) is 31.4 Å². The average Bonchev–Trinajstić information content (AvgIpc) is 2.71. The van der Waals surface area contributed by atoms with Gasteiger partial charge in [-0.1, -0.05) is 35.3 Å². The van der Waals surface area contributed by atoms with E-state index in [0.29, 0.717) is 28.8 Å². The van der Waals surface area contributed by atoms with Crippen molar-refractivity contribution >= 4 is 41.2 Å². The molecule has 28 heavy (non-hydrogen) atoms. The zero-order valence-electron chi connectivity index (χ0n) is 14.8. The number of aromatic nitrogens is 2. The first-order valence-electron chi connectivity index (χ1n) is 8.51. The van der Waals surface area contributed by atoms with E-state index >= 15 is 0 Å². The summed E-state index contributed by atoms with van der Waals surface area (Å²) in [6, 6.07) is 5.50. The van der Waals surface area contributed by atoms with Crippen LogP contribution in [-0.2, 0) is 11.2 Å². The number of halogens is 2. The molecule has 0 aliphatic carbocycles. The van der Waals surface area contributed by atoms with Crippen molar-refractivity contribution < 1.29 is 9.53 Å². The number of nitrogens with zero attached hydrogens (tertiary/aromatic N) is 4. The molecule has 144 valence electrons. The van der Waals surface area contributed by atoms with E-state index in [1.807, 2.05) is 24.3 Å². The van der Waals surface area contributed by atoms with Crippen LogP contribution in [0.2, 0.25) is 10.0 Å². The molecular weight excluding hydrogens is 401 g/mol. The molecule has 1 atom stereocenters. The number of nitrogens with one attached hydrogen (secondary N) is 1. The second kappa shape index (κ2) is 9.96. The highest BCUT2D eigenvalue weighted by Gasteiger charge is 2.15. The summed E-state index contributed by atoms with van der Waals surface area (Å²) >= 11 is 12.0. The molecule has 1 aliphatic heterocycles. The molecule has 1 amide bonds. The van der Waals surface area contributed by atoms with Gasteiger partial charge in [-0.2, -0.15) is 5.10 Å². The van der Waals surface area contributed by atoms with Crippen molar-refractivity contribution in [2.24, 2.45) is 10.2 Å². The highest BCUT2D eigenvalue weighted by molar-refractivity contribution is 6.42. The Hall–Kier alpha value is -2.77. The molecule has 9 heteroatoms. The zero-order chi connectivity index (χ0) is 19.8. The predicted molar refractivity (Wildman–Crippen MR) is 109 cm³/mol. The largest absolute Gasteiger partial charge is 0.472 e. The molecule has 1 unspecified atom stereocenters. The van der Waals surface area contributed by atoms with Gasteiger partial charge in [-0.25, -0.2) is 4.98 Å². The van der Waals surface area contributed by atoms with Crippen molar-refractivity contribution in [2.75, 3.05) is 6.54 Å². The summed E-state index contributed by atoms with van der Waals surface area (Å²) in [7, 11) is 0. The minimum atomic E-state index is -0.328. The summed E-state index contributed by atoms with van der Waals surface area (Å²) in [5.41, 5.74) is 1.26. The van der Waals surface area contributed by atoms with Crippen LogP contribution >= 0.6 is 23.2 Å². The van der Waals surface area contributed by atoms with Gasteiger partial charge in [0.05, 0.1) is 22.8 Å². The third kappa shape index (κ3) is 5.87. The molecule has 2 aromatic rings. The molecule has 7 nitrogen and oxygen atoms in total. The summed E-state index contributed by atoms with van der Waals surface area (Å²) < 4.78 is 5.83. The highest BCUT2D eigenvalue weighted by Crippen LogP contribution is 2.24. The van der Waals surface area contributed by atoms with Gasteiger partial charge in [-0.3, -0.25) is 9.78 Å². The normalized spacial score (nSPS) is 17.6. The Morgan fingerprint density at radius 2 is 2.21 bits per heavy atom. The maximum absolute atomic E-state index is 11.8. The molecule has 0 saturated carbocycles. The summed E-state index contributed by atoms with van der Waals surface area (Å²) in [5, 5.41) is 11.7. The topological polar surface area (TPSA) is 88.8 Å². The Labute approximate surface area is 172 Å². The molecule has 0 radical (unpaired) electrons. The highest BCUT2D eigenvalue weighted by atomic mass is 35.5. The molecule has 0 saturated heterocycles. The van der Waals surface area contributed by atoms with Crippen LogP contribution in [0.5, 0.6) is 0 Å². The van der Waals surface area contributed by atoms with E-state index in [1.54, 1.807) is 6.07 Å². The Bertz CT molecular complexity index is 916. The maximum Gasteiger partial charge on any atom is 0.271 e. The van der Waals surface area contributed by atoms with Crippen molar-refractivity contribution in [1.29, 1.82) is 0 Å². The van der Waals surface area contributed by atoms with Crippen molar-refractivity contribution in [1.82, 2.24) is 15.3 Å².